The van der Waals surface area contributed by atoms with Crippen molar-refractivity contribution in [2.75, 3.05) is 0 Å². The van der Waals surface area contributed by atoms with E-state index in [0.29, 0.717) is 22.9 Å². The summed E-state index contributed by atoms with van der Waals surface area (Å²) in [5.41, 5.74) is 3.31. The lowest BCUT2D eigenvalue weighted by Crippen LogP contribution is -2.22. The van der Waals surface area contributed by atoms with Crippen molar-refractivity contribution in [2.45, 2.75) is 13.5 Å². The lowest BCUT2D eigenvalue weighted by molar-refractivity contribution is 0.741. The molecule has 2 aromatic heterocycles. The molecular formula is C18H14ClN5O. The molecule has 0 N–H and O–H groups in total. The number of aromatic nitrogens is 5. The molecule has 4 rings (SSSR count). The fourth-order valence-electron chi connectivity index (χ4n) is 2.71. The van der Waals surface area contributed by atoms with Gasteiger partial charge in [-0.1, -0.05) is 47.1 Å². The molecule has 0 amide bonds. The molecular weight excluding hydrogens is 338 g/mol. The van der Waals surface area contributed by atoms with Gasteiger partial charge in [-0.05, 0) is 36.2 Å². The van der Waals surface area contributed by atoms with E-state index in [1.54, 1.807) is 16.7 Å². The van der Waals surface area contributed by atoms with Crippen molar-refractivity contribution < 1.29 is 0 Å². The molecule has 0 spiro atoms. The summed E-state index contributed by atoms with van der Waals surface area (Å²) in [5.74, 6) is 0. The van der Waals surface area contributed by atoms with Crippen molar-refractivity contribution in [3.05, 3.63) is 81.4 Å². The van der Waals surface area contributed by atoms with Gasteiger partial charge >= 0.3 is 0 Å². The normalized spacial score (nSPS) is 11.1. The van der Waals surface area contributed by atoms with Crippen molar-refractivity contribution in [3.63, 3.8) is 0 Å². The molecule has 0 atom stereocenters. The maximum atomic E-state index is 12.7. The first-order valence-electron chi connectivity index (χ1n) is 7.75. The van der Waals surface area contributed by atoms with Crippen LogP contribution < -0.4 is 5.56 Å². The van der Waals surface area contributed by atoms with Gasteiger partial charge in [0, 0.05) is 5.02 Å². The van der Waals surface area contributed by atoms with E-state index in [1.165, 1.54) is 11.0 Å². The molecule has 0 aliphatic carbocycles. The minimum Gasteiger partial charge on any atom is -0.293 e. The zero-order valence-corrected chi connectivity index (χ0v) is 14.2. The number of nitrogens with zero attached hydrogens (tertiary/aromatic N) is 5. The molecule has 0 radical (unpaired) electrons. The first-order valence-corrected chi connectivity index (χ1v) is 8.12. The summed E-state index contributed by atoms with van der Waals surface area (Å²) >= 11 is 6.03. The highest BCUT2D eigenvalue weighted by atomic mass is 35.5. The minimum absolute atomic E-state index is 0.221. The fraction of sp³-hybridized carbons (Fsp3) is 0.111. The van der Waals surface area contributed by atoms with Crippen molar-refractivity contribution in [3.8, 4) is 5.69 Å². The Kier molecular flexibility index (Phi) is 3.82. The molecule has 0 aliphatic rings. The predicted molar refractivity (Wildman–Crippen MR) is 96.2 cm³/mol. The molecule has 25 heavy (non-hydrogen) atoms. The lowest BCUT2D eigenvalue weighted by atomic mass is 10.1. The SMILES string of the molecule is Cc1ccccc1Cn1cnc2c(nnn2-c2cccc(Cl)c2)c1=O. The first kappa shape index (κ1) is 15.5. The Morgan fingerprint density at radius 3 is 2.76 bits per heavy atom. The number of aryl methyl sites for hydroxylation is 1. The second-order valence-corrected chi connectivity index (χ2v) is 6.19. The monoisotopic (exact) mass is 351 g/mol. The topological polar surface area (TPSA) is 65.6 Å². The average molecular weight is 352 g/mol. The van der Waals surface area contributed by atoms with Crippen molar-refractivity contribution in [1.29, 1.82) is 0 Å². The van der Waals surface area contributed by atoms with Gasteiger partial charge in [0.1, 0.15) is 6.33 Å². The van der Waals surface area contributed by atoms with Crippen LogP contribution in [0.5, 0.6) is 0 Å². The molecule has 7 heteroatoms. The van der Waals surface area contributed by atoms with Crippen LogP contribution in [0.4, 0.5) is 0 Å². The molecule has 124 valence electrons. The Morgan fingerprint density at radius 1 is 1.12 bits per heavy atom. The van der Waals surface area contributed by atoms with Gasteiger partial charge in [-0.2, -0.15) is 4.68 Å². The highest BCUT2D eigenvalue weighted by molar-refractivity contribution is 6.30. The van der Waals surface area contributed by atoms with Crippen molar-refractivity contribution in [2.24, 2.45) is 0 Å². The standard InChI is InChI=1S/C18H14ClN5O/c1-12-5-2-3-6-13(12)10-23-11-20-17-16(18(23)25)21-22-24(17)15-8-4-7-14(19)9-15/h2-9,11H,10H2,1H3. The minimum atomic E-state index is -0.221. The molecule has 0 bridgehead atoms. The molecule has 2 aromatic carbocycles. The van der Waals surface area contributed by atoms with E-state index in [2.05, 4.69) is 15.3 Å². The molecule has 2 heterocycles. The van der Waals surface area contributed by atoms with Crippen LogP contribution in [0, 0.1) is 6.92 Å². The third kappa shape index (κ3) is 2.81. The van der Waals surface area contributed by atoms with Crippen LogP contribution >= 0.6 is 11.6 Å². The van der Waals surface area contributed by atoms with Crippen LogP contribution in [-0.2, 0) is 6.54 Å². The van der Waals surface area contributed by atoms with E-state index in [4.69, 9.17) is 11.6 Å². The van der Waals surface area contributed by atoms with Gasteiger partial charge in [0.25, 0.3) is 5.56 Å². The van der Waals surface area contributed by atoms with E-state index >= 15 is 0 Å². The fourth-order valence-corrected chi connectivity index (χ4v) is 2.89. The van der Waals surface area contributed by atoms with Crippen LogP contribution in [0.25, 0.3) is 16.9 Å². The van der Waals surface area contributed by atoms with E-state index in [0.717, 1.165) is 11.1 Å². The second-order valence-electron chi connectivity index (χ2n) is 5.76. The number of fused-ring (bicyclic) bond motifs is 1. The molecule has 6 nitrogen and oxygen atoms in total. The summed E-state index contributed by atoms with van der Waals surface area (Å²) in [5, 5.41) is 8.67. The van der Waals surface area contributed by atoms with Crippen LogP contribution in [0.15, 0.2) is 59.7 Å². The first-order chi connectivity index (χ1) is 12.1. The van der Waals surface area contributed by atoms with Gasteiger partial charge in [-0.15, -0.1) is 5.10 Å². The van der Waals surface area contributed by atoms with Crippen LogP contribution in [0.2, 0.25) is 5.02 Å². The second kappa shape index (κ2) is 6.14. The van der Waals surface area contributed by atoms with E-state index < -0.39 is 0 Å². The van der Waals surface area contributed by atoms with Gasteiger partial charge in [0.05, 0.1) is 12.2 Å². The predicted octanol–water partition coefficient (Wildman–Crippen LogP) is 2.99. The van der Waals surface area contributed by atoms with Gasteiger partial charge in [-0.25, -0.2) is 4.98 Å². The summed E-state index contributed by atoms with van der Waals surface area (Å²) in [6.45, 7) is 2.46. The number of halogens is 1. The molecule has 0 aliphatic heterocycles. The Morgan fingerprint density at radius 2 is 1.96 bits per heavy atom. The van der Waals surface area contributed by atoms with Crippen LogP contribution in [0.3, 0.4) is 0 Å². The third-order valence-corrected chi connectivity index (χ3v) is 4.32. The highest BCUT2D eigenvalue weighted by Gasteiger charge is 2.14. The highest BCUT2D eigenvalue weighted by Crippen LogP contribution is 2.16. The third-order valence-electron chi connectivity index (χ3n) is 4.08. The molecule has 0 unspecified atom stereocenters. The summed E-state index contributed by atoms with van der Waals surface area (Å²) in [6.07, 6.45) is 1.53. The Bertz CT molecular complexity index is 1130. The largest absolute Gasteiger partial charge is 0.293 e. The van der Waals surface area contributed by atoms with Gasteiger partial charge in [0.15, 0.2) is 11.2 Å². The quantitative estimate of drug-likeness (QED) is 0.569. The average Bonchev–Trinajstić information content (AvgIpc) is 3.04. The zero-order chi connectivity index (χ0) is 17.4. The lowest BCUT2D eigenvalue weighted by Gasteiger charge is -2.08. The summed E-state index contributed by atoms with van der Waals surface area (Å²) < 4.78 is 3.06. The number of rotatable bonds is 3. The van der Waals surface area contributed by atoms with Crippen LogP contribution in [-0.4, -0.2) is 24.5 Å². The smallest absolute Gasteiger partial charge is 0.283 e. The van der Waals surface area contributed by atoms with Crippen molar-refractivity contribution in [1.82, 2.24) is 24.5 Å². The molecule has 4 aromatic rings. The summed E-state index contributed by atoms with van der Waals surface area (Å²) in [7, 11) is 0. The number of hydrogen-bond acceptors (Lipinski definition) is 4. The van der Waals surface area contributed by atoms with E-state index in [-0.39, 0.29) is 11.1 Å². The summed E-state index contributed by atoms with van der Waals surface area (Å²) in [4.78, 5) is 17.1. The van der Waals surface area contributed by atoms with Crippen LogP contribution in [0.1, 0.15) is 11.1 Å². The van der Waals surface area contributed by atoms with E-state index in [9.17, 15) is 4.79 Å². The van der Waals surface area contributed by atoms with E-state index in [1.807, 2.05) is 43.3 Å². The maximum Gasteiger partial charge on any atom is 0.283 e. The van der Waals surface area contributed by atoms with Crippen molar-refractivity contribution >= 4 is 22.8 Å². The summed E-state index contributed by atoms with van der Waals surface area (Å²) in [6, 6.07) is 15.1. The Balaban J connectivity index is 1.80. The number of hydrogen-bond donors (Lipinski definition) is 0. The van der Waals surface area contributed by atoms with Gasteiger partial charge in [-0.3, -0.25) is 9.36 Å². The number of benzene rings is 2. The van der Waals surface area contributed by atoms with Gasteiger partial charge in [0.2, 0.25) is 0 Å². The molecule has 0 saturated carbocycles. The molecule has 0 fully saturated rings. The molecule has 0 saturated heterocycles. The maximum absolute atomic E-state index is 12.7. The Labute approximate surface area is 148 Å². The zero-order valence-electron chi connectivity index (χ0n) is 13.4. The Hall–Kier alpha value is -2.99. The van der Waals surface area contributed by atoms with Gasteiger partial charge < -0.3 is 0 Å².